The molecule has 1 unspecified atom stereocenters. The molecule has 10 heteroatoms. The number of nitrogens with one attached hydrogen (secondary N) is 2. The second-order valence-electron chi connectivity index (χ2n) is 11.5. The minimum Gasteiger partial charge on any atom is -0.390 e. The first kappa shape index (κ1) is 34.6. The summed E-state index contributed by atoms with van der Waals surface area (Å²) in [6.07, 6.45) is 2.84. The van der Waals surface area contributed by atoms with E-state index in [9.17, 15) is 23.5 Å². The molecule has 238 valence electrons. The van der Waals surface area contributed by atoms with E-state index in [0.29, 0.717) is 24.2 Å². The lowest BCUT2D eigenvalue weighted by Gasteiger charge is -2.35. The van der Waals surface area contributed by atoms with Crippen LogP contribution >= 0.6 is 0 Å². The molecule has 1 aliphatic rings. The zero-order valence-electron chi connectivity index (χ0n) is 26.0. The minimum absolute atomic E-state index is 0.00624. The van der Waals surface area contributed by atoms with Crippen LogP contribution in [0.3, 0.4) is 0 Å². The van der Waals surface area contributed by atoms with Gasteiger partial charge in [-0.2, -0.15) is 0 Å². The van der Waals surface area contributed by atoms with Gasteiger partial charge in [0.05, 0.1) is 24.4 Å². The second kappa shape index (κ2) is 16.8. The van der Waals surface area contributed by atoms with Crippen LogP contribution in [-0.4, -0.2) is 86.1 Å². The van der Waals surface area contributed by atoms with Gasteiger partial charge >= 0.3 is 0 Å². The average molecular weight is 604 g/mol. The van der Waals surface area contributed by atoms with E-state index in [1.165, 1.54) is 12.1 Å². The van der Waals surface area contributed by atoms with Crippen molar-refractivity contribution >= 4 is 11.8 Å². The molecule has 43 heavy (non-hydrogen) atoms. The standard InChI is InChI=1S/C33H47F2N3O5/c1-6-8-38(9-7-2)33(41)24-11-21(3)10-23(15-24)32(40)37-30(14-22-12-25(34)16-26(35)13-22)31(39)20-36-27-17-28(42-4)19-29(18-27)43-5/h10-13,15-16,27-31,36,39H,6-9,14,17-20H2,1-5H3,(H,37,40)/t27?,28-,29+,30-,31+/m0/s1. The number of hydrogen-bond acceptors (Lipinski definition) is 6. The molecule has 0 saturated heterocycles. The molecule has 0 spiro atoms. The number of aryl methyl sites for hydroxylation is 1. The maximum absolute atomic E-state index is 14.0. The molecule has 1 aliphatic carbocycles. The topological polar surface area (TPSA) is 100 Å². The summed E-state index contributed by atoms with van der Waals surface area (Å²) in [6, 6.07) is 7.29. The summed E-state index contributed by atoms with van der Waals surface area (Å²) in [5, 5.41) is 17.5. The van der Waals surface area contributed by atoms with Crippen LogP contribution in [0.5, 0.6) is 0 Å². The summed E-state index contributed by atoms with van der Waals surface area (Å²) >= 11 is 0. The number of nitrogens with zero attached hydrogens (tertiary/aromatic N) is 1. The van der Waals surface area contributed by atoms with E-state index in [-0.39, 0.29) is 42.7 Å². The van der Waals surface area contributed by atoms with Crippen molar-refractivity contribution in [2.45, 2.75) is 89.7 Å². The van der Waals surface area contributed by atoms with E-state index >= 15 is 0 Å². The Morgan fingerprint density at radius 2 is 1.51 bits per heavy atom. The van der Waals surface area contributed by atoms with Gasteiger partial charge in [0.2, 0.25) is 0 Å². The molecule has 3 rings (SSSR count). The monoisotopic (exact) mass is 603 g/mol. The summed E-state index contributed by atoms with van der Waals surface area (Å²) in [6.45, 7) is 7.19. The maximum Gasteiger partial charge on any atom is 0.253 e. The first-order chi connectivity index (χ1) is 20.6. The van der Waals surface area contributed by atoms with Crippen LogP contribution in [0.15, 0.2) is 36.4 Å². The number of carbonyl (C=O) groups is 2. The summed E-state index contributed by atoms with van der Waals surface area (Å²) in [5.74, 6) is -2.12. The van der Waals surface area contributed by atoms with Gasteiger partial charge in [0.25, 0.3) is 11.8 Å². The fraction of sp³-hybridized carbons (Fsp3) is 0.576. The Morgan fingerprint density at radius 1 is 0.930 bits per heavy atom. The van der Waals surface area contributed by atoms with Gasteiger partial charge in [0.1, 0.15) is 11.6 Å². The Hall–Kier alpha value is -2.92. The molecule has 1 saturated carbocycles. The number of methoxy groups -OCH3 is 2. The lowest BCUT2D eigenvalue weighted by Crippen LogP contribution is -2.51. The number of aliphatic hydroxyl groups excluding tert-OH is 1. The fourth-order valence-electron chi connectivity index (χ4n) is 5.79. The fourth-order valence-corrected chi connectivity index (χ4v) is 5.79. The largest absolute Gasteiger partial charge is 0.390 e. The SMILES string of the molecule is CCCN(CCC)C(=O)c1cc(C)cc(C(=O)N[C@@H](Cc2cc(F)cc(F)c2)[C@H](O)CNC2C[C@@H](OC)C[C@@H](OC)C2)c1. The molecule has 2 amide bonds. The van der Waals surface area contributed by atoms with Gasteiger partial charge < -0.3 is 30.1 Å². The third kappa shape index (κ3) is 10.3. The van der Waals surface area contributed by atoms with E-state index < -0.39 is 29.7 Å². The predicted octanol–water partition coefficient (Wildman–Crippen LogP) is 4.41. The van der Waals surface area contributed by atoms with Gasteiger partial charge in [-0.3, -0.25) is 9.59 Å². The van der Waals surface area contributed by atoms with E-state index in [1.54, 1.807) is 37.3 Å². The second-order valence-corrected chi connectivity index (χ2v) is 11.5. The van der Waals surface area contributed by atoms with Crippen molar-refractivity contribution < 1.29 is 33.0 Å². The summed E-state index contributed by atoms with van der Waals surface area (Å²) < 4.78 is 39.1. The van der Waals surface area contributed by atoms with E-state index in [2.05, 4.69) is 10.6 Å². The summed E-state index contributed by atoms with van der Waals surface area (Å²) in [5.41, 5.74) is 1.72. The highest BCUT2D eigenvalue weighted by Crippen LogP contribution is 2.24. The number of benzene rings is 2. The van der Waals surface area contributed by atoms with Crippen molar-refractivity contribution in [3.8, 4) is 0 Å². The molecule has 1 fully saturated rings. The molecule has 2 aromatic carbocycles. The molecular formula is C33H47F2N3O5. The minimum atomic E-state index is -1.09. The molecule has 3 N–H and O–H groups in total. The van der Waals surface area contributed by atoms with Gasteiger partial charge in [-0.05, 0) is 86.9 Å². The van der Waals surface area contributed by atoms with Crippen LogP contribution in [0.25, 0.3) is 0 Å². The molecule has 0 bridgehead atoms. The molecule has 0 heterocycles. The maximum atomic E-state index is 14.0. The predicted molar refractivity (Wildman–Crippen MR) is 162 cm³/mol. The quantitative estimate of drug-likeness (QED) is 0.279. The number of halogens is 2. The van der Waals surface area contributed by atoms with E-state index in [1.807, 2.05) is 20.8 Å². The van der Waals surface area contributed by atoms with Gasteiger partial charge in [-0.25, -0.2) is 8.78 Å². The first-order valence-electron chi connectivity index (χ1n) is 15.2. The molecule has 5 atom stereocenters. The zero-order chi connectivity index (χ0) is 31.5. The van der Waals surface area contributed by atoms with E-state index in [0.717, 1.165) is 43.7 Å². The lowest BCUT2D eigenvalue weighted by molar-refractivity contribution is -0.0226. The molecule has 0 aromatic heterocycles. The van der Waals surface area contributed by atoms with Crippen LogP contribution in [-0.2, 0) is 15.9 Å². The summed E-state index contributed by atoms with van der Waals surface area (Å²) in [7, 11) is 3.32. The van der Waals surface area contributed by atoms with Crippen LogP contribution in [0.2, 0.25) is 0 Å². The number of hydrogen-bond donors (Lipinski definition) is 3. The zero-order valence-corrected chi connectivity index (χ0v) is 26.0. The average Bonchev–Trinajstić information content (AvgIpc) is 2.97. The molecular weight excluding hydrogens is 556 g/mol. The molecule has 2 aromatic rings. The van der Waals surface area contributed by atoms with Gasteiger partial charge in [0, 0.05) is 57.1 Å². The van der Waals surface area contributed by atoms with E-state index in [4.69, 9.17) is 9.47 Å². The van der Waals surface area contributed by atoms with Crippen LogP contribution < -0.4 is 10.6 Å². The third-order valence-electron chi connectivity index (χ3n) is 7.92. The van der Waals surface area contributed by atoms with Crippen molar-refractivity contribution in [3.05, 3.63) is 70.3 Å². The first-order valence-corrected chi connectivity index (χ1v) is 15.2. The lowest BCUT2D eigenvalue weighted by atomic mass is 9.90. The van der Waals surface area contributed by atoms with Gasteiger partial charge in [-0.1, -0.05) is 13.8 Å². The number of ether oxygens (including phenoxy) is 2. The van der Waals surface area contributed by atoms with Crippen molar-refractivity contribution in [2.24, 2.45) is 0 Å². The van der Waals surface area contributed by atoms with Gasteiger partial charge in [-0.15, -0.1) is 0 Å². The Balaban J connectivity index is 1.81. The van der Waals surface area contributed by atoms with Crippen LogP contribution in [0, 0.1) is 18.6 Å². The highest BCUT2D eigenvalue weighted by atomic mass is 19.1. The van der Waals surface area contributed by atoms with Gasteiger partial charge in [0.15, 0.2) is 0 Å². The number of aliphatic hydroxyl groups is 1. The third-order valence-corrected chi connectivity index (χ3v) is 7.92. The Labute approximate surface area is 254 Å². The van der Waals surface area contributed by atoms with Crippen molar-refractivity contribution in [1.29, 1.82) is 0 Å². The number of carbonyl (C=O) groups excluding carboxylic acids is 2. The number of rotatable bonds is 15. The Morgan fingerprint density at radius 3 is 2.07 bits per heavy atom. The number of amides is 2. The Bertz CT molecular complexity index is 1170. The van der Waals surface area contributed by atoms with Crippen molar-refractivity contribution in [3.63, 3.8) is 0 Å². The smallest absolute Gasteiger partial charge is 0.253 e. The highest BCUT2D eigenvalue weighted by molar-refractivity contribution is 6.00. The van der Waals surface area contributed by atoms with Crippen LogP contribution in [0.1, 0.15) is 77.8 Å². The molecule has 8 nitrogen and oxygen atoms in total. The van der Waals surface area contributed by atoms with Crippen molar-refractivity contribution in [2.75, 3.05) is 33.9 Å². The normalized spacial score (nSPS) is 20.0. The Kier molecular flexibility index (Phi) is 13.5. The van der Waals surface area contributed by atoms with Crippen molar-refractivity contribution in [1.82, 2.24) is 15.5 Å². The highest BCUT2D eigenvalue weighted by Gasteiger charge is 2.30. The summed E-state index contributed by atoms with van der Waals surface area (Å²) in [4.78, 5) is 28.6. The molecule has 0 aliphatic heterocycles. The van der Waals surface area contributed by atoms with Crippen LogP contribution in [0.4, 0.5) is 8.78 Å². The molecule has 0 radical (unpaired) electrons.